The molecule has 3 nitrogen and oxygen atoms in total. The number of nitrogens with zero attached hydrogens (tertiary/aromatic N) is 1. The molecule has 0 aliphatic heterocycles. The van der Waals surface area contributed by atoms with Gasteiger partial charge < -0.3 is 5.11 Å². The van der Waals surface area contributed by atoms with E-state index < -0.39 is 11.8 Å². The number of benzene rings is 2. The molecule has 20 heavy (non-hydrogen) atoms. The minimum atomic E-state index is -1.28. The molecular weight excluding hydrogens is 257 g/mol. The fraction of sp³-hybridized carbons (Fsp3) is 0. The van der Waals surface area contributed by atoms with Crippen LogP contribution in [-0.4, -0.2) is 16.1 Å². The third-order valence-electron chi connectivity index (χ3n) is 3.14. The molecule has 3 rings (SSSR count). The van der Waals surface area contributed by atoms with Gasteiger partial charge in [0.25, 0.3) is 0 Å². The van der Waals surface area contributed by atoms with E-state index in [2.05, 4.69) is 4.98 Å². The van der Waals surface area contributed by atoms with Crippen LogP contribution in [0.5, 0.6) is 0 Å². The van der Waals surface area contributed by atoms with Crippen molar-refractivity contribution in [2.75, 3.05) is 0 Å². The number of para-hydroxylation sites is 1. The third-order valence-corrected chi connectivity index (χ3v) is 3.14. The Hall–Kier alpha value is -2.75. The molecule has 0 radical (unpaired) electrons. The maximum atomic E-state index is 13.5. The first-order valence-corrected chi connectivity index (χ1v) is 6.04. The molecule has 0 bridgehead atoms. The number of hydrogen-bond acceptors (Lipinski definition) is 2. The Balaban J connectivity index is 2.26. The van der Waals surface area contributed by atoms with E-state index in [4.69, 9.17) is 5.11 Å². The van der Waals surface area contributed by atoms with Gasteiger partial charge in [0.1, 0.15) is 5.82 Å². The highest BCUT2D eigenvalue weighted by Gasteiger charge is 2.13. The molecule has 0 aliphatic carbocycles. The summed E-state index contributed by atoms with van der Waals surface area (Å²) < 4.78 is 13.5. The molecule has 1 aromatic heterocycles. The van der Waals surface area contributed by atoms with Crippen molar-refractivity contribution < 1.29 is 14.3 Å². The molecule has 0 atom stereocenters. The lowest BCUT2D eigenvalue weighted by molar-refractivity contribution is 0.0692. The molecule has 0 unspecified atom stereocenters. The molecule has 0 saturated carbocycles. The maximum Gasteiger partial charge on any atom is 0.338 e. The summed E-state index contributed by atoms with van der Waals surface area (Å²) in [6.07, 6.45) is 1.67. The monoisotopic (exact) mass is 267 g/mol. The second-order valence-electron chi connectivity index (χ2n) is 4.38. The van der Waals surface area contributed by atoms with E-state index >= 15 is 0 Å². The normalized spacial score (nSPS) is 10.7. The first-order chi connectivity index (χ1) is 9.66. The molecule has 2 aromatic carbocycles. The van der Waals surface area contributed by atoms with Crippen LogP contribution < -0.4 is 0 Å². The van der Waals surface area contributed by atoms with E-state index in [1.165, 1.54) is 12.1 Å². The lowest BCUT2D eigenvalue weighted by Crippen LogP contribution is -2.00. The van der Waals surface area contributed by atoms with Gasteiger partial charge in [-0.1, -0.05) is 30.3 Å². The average molecular weight is 267 g/mol. The summed E-state index contributed by atoms with van der Waals surface area (Å²) in [7, 11) is 0. The number of carbonyl (C=O) groups is 1. The van der Waals surface area contributed by atoms with Crippen LogP contribution in [0.1, 0.15) is 10.4 Å². The van der Waals surface area contributed by atoms with Gasteiger partial charge >= 0.3 is 5.97 Å². The number of carboxylic acid groups (broad SMARTS) is 1. The molecule has 1 heterocycles. The highest BCUT2D eigenvalue weighted by Crippen LogP contribution is 2.28. The van der Waals surface area contributed by atoms with Gasteiger partial charge in [0.05, 0.1) is 11.1 Å². The zero-order chi connectivity index (χ0) is 14.1. The summed E-state index contributed by atoms with van der Waals surface area (Å²) in [4.78, 5) is 15.3. The summed E-state index contributed by atoms with van der Waals surface area (Å²) in [6.45, 7) is 0. The van der Waals surface area contributed by atoms with Gasteiger partial charge in [-0.25, -0.2) is 9.18 Å². The fourth-order valence-electron chi connectivity index (χ4n) is 2.19. The number of rotatable bonds is 2. The van der Waals surface area contributed by atoms with Crippen LogP contribution in [0, 0.1) is 5.82 Å². The molecule has 0 fully saturated rings. The minimum absolute atomic E-state index is 0.338. The van der Waals surface area contributed by atoms with E-state index in [-0.39, 0.29) is 5.56 Å². The van der Waals surface area contributed by atoms with Crippen LogP contribution in [0.25, 0.3) is 22.0 Å². The smallest absolute Gasteiger partial charge is 0.338 e. The van der Waals surface area contributed by atoms with Crippen LogP contribution in [0.2, 0.25) is 0 Å². The molecule has 0 amide bonds. The topological polar surface area (TPSA) is 50.2 Å². The molecule has 3 aromatic rings. The van der Waals surface area contributed by atoms with E-state index in [1.54, 1.807) is 12.3 Å². The van der Waals surface area contributed by atoms with Crippen LogP contribution in [0.3, 0.4) is 0 Å². The number of carboxylic acids is 1. The van der Waals surface area contributed by atoms with Crippen molar-refractivity contribution in [3.63, 3.8) is 0 Å². The van der Waals surface area contributed by atoms with Crippen LogP contribution in [0.15, 0.2) is 54.7 Å². The van der Waals surface area contributed by atoms with Gasteiger partial charge in [-0.05, 0) is 23.8 Å². The van der Waals surface area contributed by atoms with Crippen molar-refractivity contribution in [3.05, 3.63) is 66.1 Å². The number of aromatic nitrogens is 1. The molecule has 98 valence electrons. The van der Waals surface area contributed by atoms with E-state index in [1.807, 2.05) is 30.3 Å². The Morgan fingerprint density at radius 1 is 1.10 bits per heavy atom. The minimum Gasteiger partial charge on any atom is -0.478 e. The van der Waals surface area contributed by atoms with Crippen molar-refractivity contribution in [2.24, 2.45) is 0 Å². The van der Waals surface area contributed by atoms with Gasteiger partial charge in [-0.3, -0.25) is 4.98 Å². The molecule has 1 N–H and O–H groups in total. The maximum absolute atomic E-state index is 13.5. The SMILES string of the molecule is O=C(O)c1cc(-c2cccc3cccnc23)ccc1F. The Morgan fingerprint density at radius 2 is 1.90 bits per heavy atom. The first-order valence-electron chi connectivity index (χ1n) is 6.04. The number of hydrogen-bond donors (Lipinski definition) is 1. The van der Waals surface area contributed by atoms with Gasteiger partial charge in [0.2, 0.25) is 0 Å². The Kier molecular flexibility index (Phi) is 2.91. The molecule has 0 aliphatic rings. The van der Waals surface area contributed by atoms with Gasteiger partial charge in [0.15, 0.2) is 0 Å². The number of pyridine rings is 1. The largest absolute Gasteiger partial charge is 0.478 e. The molecule has 0 saturated heterocycles. The predicted molar refractivity (Wildman–Crippen MR) is 74.1 cm³/mol. The van der Waals surface area contributed by atoms with Gasteiger partial charge in [-0.15, -0.1) is 0 Å². The third kappa shape index (κ3) is 2.01. The summed E-state index contributed by atoms with van der Waals surface area (Å²) >= 11 is 0. The second kappa shape index (κ2) is 4.74. The average Bonchev–Trinajstić information content (AvgIpc) is 2.47. The van der Waals surface area contributed by atoms with Crippen molar-refractivity contribution >= 4 is 16.9 Å². The molecular formula is C16H10FNO2. The highest BCUT2D eigenvalue weighted by molar-refractivity contribution is 5.96. The zero-order valence-electron chi connectivity index (χ0n) is 10.4. The highest BCUT2D eigenvalue weighted by atomic mass is 19.1. The number of fused-ring (bicyclic) bond motifs is 1. The zero-order valence-corrected chi connectivity index (χ0v) is 10.4. The summed E-state index contributed by atoms with van der Waals surface area (Å²) in [5, 5.41) is 9.94. The van der Waals surface area contributed by atoms with Crippen molar-refractivity contribution in [1.82, 2.24) is 4.98 Å². The Bertz CT molecular complexity index is 809. The first kappa shape index (κ1) is 12.3. The lowest BCUT2D eigenvalue weighted by atomic mass is 10.00. The predicted octanol–water partition coefficient (Wildman–Crippen LogP) is 3.74. The van der Waals surface area contributed by atoms with Crippen LogP contribution in [0.4, 0.5) is 4.39 Å². The van der Waals surface area contributed by atoms with Crippen LogP contribution >= 0.6 is 0 Å². The lowest BCUT2D eigenvalue weighted by Gasteiger charge is -2.07. The summed E-state index contributed by atoms with van der Waals surface area (Å²) in [5.41, 5.74) is 1.84. The summed E-state index contributed by atoms with van der Waals surface area (Å²) in [5.74, 6) is -2.02. The summed E-state index contributed by atoms with van der Waals surface area (Å²) in [6, 6.07) is 13.4. The quantitative estimate of drug-likeness (QED) is 0.769. The van der Waals surface area contributed by atoms with E-state index in [0.29, 0.717) is 5.56 Å². The van der Waals surface area contributed by atoms with E-state index in [0.717, 1.165) is 16.5 Å². The molecule has 0 spiro atoms. The molecule has 4 heteroatoms. The van der Waals surface area contributed by atoms with Crippen LogP contribution in [-0.2, 0) is 0 Å². The number of halogens is 1. The Labute approximate surface area is 114 Å². The van der Waals surface area contributed by atoms with Crippen molar-refractivity contribution in [2.45, 2.75) is 0 Å². The van der Waals surface area contributed by atoms with E-state index in [9.17, 15) is 9.18 Å². The standard InChI is InChI=1S/C16H10FNO2/c17-14-7-6-11(9-13(14)16(19)20)12-5-1-3-10-4-2-8-18-15(10)12/h1-9H,(H,19,20). The second-order valence-corrected chi connectivity index (χ2v) is 4.38. The van der Waals surface area contributed by atoms with Gasteiger partial charge in [0, 0.05) is 17.1 Å². The Morgan fingerprint density at radius 3 is 2.70 bits per heavy atom. The fourth-order valence-corrected chi connectivity index (χ4v) is 2.19. The van der Waals surface area contributed by atoms with Crippen molar-refractivity contribution in [3.8, 4) is 11.1 Å². The van der Waals surface area contributed by atoms with Crippen molar-refractivity contribution in [1.29, 1.82) is 0 Å². The number of aromatic carboxylic acids is 1. The van der Waals surface area contributed by atoms with Gasteiger partial charge in [-0.2, -0.15) is 0 Å².